The second-order valence-corrected chi connectivity index (χ2v) is 7.87. The molecule has 1 atom stereocenters. The number of amides is 1. The summed E-state index contributed by atoms with van der Waals surface area (Å²) in [6, 6.07) is 9.64. The number of carbonyl (C=O) groups excluding carboxylic acids is 1. The van der Waals surface area contributed by atoms with Crippen LogP contribution in [0.15, 0.2) is 41.5 Å². The molecule has 0 saturated heterocycles. The van der Waals surface area contributed by atoms with E-state index < -0.39 is 0 Å². The number of hydrogen-bond donors (Lipinski definition) is 4. The second-order valence-electron chi connectivity index (χ2n) is 7.87. The van der Waals surface area contributed by atoms with Crippen molar-refractivity contribution >= 4 is 17.9 Å². The zero-order valence-corrected chi connectivity index (χ0v) is 15.3. The zero-order chi connectivity index (χ0) is 18.6. The first-order valence-electron chi connectivity index (χ1n) is 9.29. The number of carbonyl (C=O) groups is 1. The smallest absolute Gasteiger partial charge is 0.211 e. The molecular weight excluding hydrogens is 326 g/mol. The van der Waals surface area contributed by atoms with Crippen LogP contribution in [-0.2, 0) is 11.2 Å². The lowest BCUT2D eigenvalue weighted by molar-refractivity contribution is -0.108. The molecule has 1 amide bonds. The summed E-state index contributed by atoms with van der Waals surface area (Å²) >= 11 is 0. The molecular formula is C20H29N5O. The van der Waals surface area contributed by atoms with Crippen molar-refractivity contribution in [3.05, 3.63) is 42.1 Å². The van der Waals surface area contributed by atoms with E-state index in [0.29, 0.717) is 35.8 Å². The third-order valence-corrected chi connectivity index (χ3v) is 5.42. The van der Waals surface area contributed by atoms with Crippen molar-refractivity contribution in [2.24, 2.45) is 21.9 Å². The van der Waals surface area contributed by atoms with Gasteiger partial charge in [-0.3, -0.25) is 4.79 Å². The summed E-state index contributed by atoms with van der Waals surface area (Å²) in [5, 5.41) is 6.15. The first-order chi connectivity index (χ1) is 12.5. The number of amidine groups is 1. The van der Waals surface area contributed by atoms with Crippen LogP contribution in [-0.4, -0.2) is 30.4 Å². The Kier molecular flexibility index (Phi) is 5.74. The first kappa shape index (κ1) is 18.6. The van der Waals surface area contributed by atoms with Crippen LogP contribution in [0.2, 0.25) is 0 Å². The Labute approximate surface area is 155 Å². The SMILES string of the molecule is CC(Cc1ccc(N=C(N)/C=C\NC=O)cc1)NC1CC2(CC(N)C2)C1. The van der Waals surface area contributed by atoms with Gasteiger partial charge in [-0.05, 0) is 68.2 Å². The Morgan fingerprint density at radius 3 is 2.62 bits per heavy atom. The first-order valence-corrected chi connectivity index (χ1v) is 9.29. The van der Waals surface area contributed by atoms with Gasteiger partial charge in [0.1, 0.15) is 5.84 Å². The molecule has 2 aliphatic rings. The lowest BCUT2D eigenvalue weighted by Gasteiger charge is -2.57. The molecule has 6 heteroatoms. The van der Waals surface area contributed by atoms with Crippen LogP contribution in [0.3, 0.4) is 0 Å². The van der Waals surface area contributed by atoms with E-state index in [2.05, 4.69) is 34.7 Å². The largest absolute Gasteiger partial charge is 0.384 e. The van der Waals surface area contributed by atoms with E-state index >= 15 is 0 Å². The summed E-state index contributed by atoms with van der Waals surface area (Å²) in [7, 11) is 0. The van der Waals surface area contributed by atoms with E-state index in [0.717, 1.165) is 12.1 Å². The Hall–Kier alpha value is -2.18. The van der Waals surface area contributed by atoms with Crippen LogP contribution in [0.25, 0.3) is 0 Å². The number of nitrogens with two attached hydrogens (primary N) is 2. The summed E-state index contributed by atoms with van der Waals surface area (Å²) in [5.41, 5.74) is 14.4. The van der Waals surface area contributed by atoms with Crippen molar-refractivity contribution in [1.29, 1.82) is 0 Å². The maximum Gasteiger partial charge on any atom is 0.211 e. The minimum Gasteiger partial charge on any atom is -0.384 e. The molecule has 26 heavy (non-hydrogen) atoms. The van der Waals surface area contributed by atoms with Crippen molar-refractivity contribution in [3.63, 3.8) is 0 Å². The molecule has 0 aromatic heterocycles. The van der Waals surface area contributed by atoms with Crippen LogP contribution in [0.4, 0.5) is 5.69 Å². The van der Waals surface area contributed by atoms with Gasteiger partial charge in [0.05, 0.1) is 5.69 Å². The Morgan fingerprint density at radius 2 is 2.00 bits per heavy atom. The monoisotopic (exact) mass is 355 g/mol. The van der Waals surface area contributed by atoms with Crippen molar-refractivity contribution in [2.45, 2.75) is 57.2 Å². The molecule has 2 saturated carbocycles. The summed E-state index contributed by atoms with van der Waals surface area (Å²) in [4.78, 5) is 14.5. The average molecular weight is 355 g/mol. The molecule has 6 N–H and O–H groups in total. The van der Waals surface area contributed by atoms with Gasteiger partial charge in [0.25, 0.3) is 0 Å². The van der Waals surface area contributed by atoms with Gasteiger partial charge in [0, 0.05) is 24.3 Å². The van der Waals surface area contributed by atoms with E-state index in [1.54, 1.807) is 6.08 Å². The number of aliphatic imine (C=N–C) groups is 1. The zero-order valence-electron chi connectivity index (χ0n) is 15.3. The summed E-state index contributed by atoms with van der Waals surface area (Å²) < 4.78 is 0. The molecule has 6 nitrogen and oxygen atoms in total. The number of benzene rings is 1. The topological polar surface area (TPSA) is 106 Å². The highest BCUT2D eigenvalue weighted by Gasteiger charge is 2.51. The summed E-state index contributed by atoms with van der Waals surface area (Å²) in [6.45, 7) is 2.24. The highest BCUT2D eigenvalue weighted by molar-refractivity contribution is 5.93. The van der Waals surface area contributed by atoms with Gasteiger partial charge in [-0.25, -0.2) is 4.99 Å². The Balaban J connectivity index is 1.44. The minimum absolute atomic E-state index is 0.344. The van der Waals surface area contributed by atoms with Gasteiger partial charge in [-0.2, -0.15) is 0 Å². The van der Waals surface area contributed by atoms with Gasteiger partial charge in [0.15, 0.2) is 0 Å². The Morgan fingerprint density at radius 1 is 1.31 bits per heavy atom. The minimum atomic E-state index is 0.344. The summed E-state index contributed by atoms with van der Waals surface area (Å²) in [5.74, 6) is 0.344. The number of rotatable bonds is 8. The van der Waals surface area contributed by atoms with Crippen LogP contribution < -0.4 is 22.1 Å². The van der Waals surface area contributed by atoms with E-state index in [1.165, 1.54) is 37.4 Å². The van der Waals surface area contributed by atoms with E-state index in [1.807, 2.05) is 12.1 Å². The van der Waals surface area contributed by atoms with E-state index in [4.69, 9.17) is 11.5 Å². The third-order valence-electron chi connectivity index (χ3n) is 5.42. The molecule has 2 aliphatic carbocycles. The predicted octanol–water partition coefficient (Wildman–Crippen LogP) is 1.73. The fourth-order valence-corrected chi connectivity index (χ4v) is 4.37. The molecule has 1 aromatic carbocycles. The lowest BCUT2D eigenvalue weighted by atomic mass is 9.52. The van der Waals surface area contributed by atoms with Crippen molar-refractivity contribution in [1.82, 2.24) is 10.6 Å². The molecule has 0 bridgehead atoms. The molecule has 1 unspecified atom stereocenters. The van der Waals surface area contributed by atoms with Crippen LogP contribution >= 0.6 is 0 Å². The highest BCUT2D eigenvalue weighted by Crippen LogP contribution is 2.55. The van der Waals surface area contributed by atoms with Gasteiger partial charge < -0.3 is 22.1 Å². The fourth-order valence-electron chi connectivity index (χ4n) is 4.37. The van der Waals surface area contributed by atoms with Crippen molar-refractivity contribution in [3.8, 4) is 0 Å². The molecule has 1 spiro atoms. The standard InChI is InChI=1S/C20H29N5O/c1-14(24-18-11-20(12-18)9-16(21)10-20)8-15-2-4-17(5-3-15)25-19(22)6-7-23-13-26/h2-7,13-14,16,18,24H,8-12,21H2,1H3,(H2,22,25)(H,23,26)/b7-6-. The Bertz CT molecular complexity index is 668. The number of hydrogen-bond acceptors (Lipinski definition) is 4. The number of nitrogens with zero attached hydrogens (tertiary/aromatic N) is 1. The predicted molar refractivity (Wildman–Crippen MR) is 105 cm³/mol. The van der Waals surface area contributed by atoms with Crippen LogP contribution in [0.1, 0.15) is 38.2 Å². The van der Waals surface area contributed by atoms with E-state index in [9.17, 15) is 4.79 Å². The molecule has 0 heterocycles. The molecule has 140 valence electrons. The normalized spacial score (nSPS) is 29.2. The summed E-state index contributed by atoms with van der Waals surface area (Å²) in [6.07, 6.45) is 9.57. The second kappa shape index (κ2) is 8.01. The molecule has 0 radical (unpaired) electrons. The molecule has 2 fully saturated rings. The third kappa shape index (κ3) is 4.71. The van der Waals surface area contributed by atoms with Gasteiger partial charge in [-0.1, -0.05) is 12.1 Å². The lowest BCUT2D eigenvalue weighted by Crippen LogP contribution is -2.60. The molecule has 3 rings (SSSR count). The van der Waals surface area contributed by atoms with Crippen molar-refractivity contribution < 1.29 is 4.79 Å². The molecule has 0 aliphatic heterocycles. The maximum absolute atomic E-state index is 10.2. The maximum atomic E-state index is 10.2. The fraction of sp³-hybridized carbons (Fsp3) is 0.500. The quantitative estimate of drug-likeness (QED) is 0.324. The highest BCUT2D eigenvalue weighted by atomic mass is 16.1. The average Bonchev–Trinajstić information content (AvgIpc) is 2.53. The van der Waals surface area contributed by atoms with Crippen LogP contribution in [0.5, 0.6) is 0 Å². The number of nitrogens with one attached hydrogen (secondary N) is 2. The van der Waals surface area contributed by atoms with Gasteiger partial charge >= 0.3 is 0 Å². The van der Waals surface area contributed by atoms with Gasteiger partial charge in [0.2, 0.25) is 6.41 Å². The molecule has 1 aromatic rings. The van der Waals surface area contributed by atoms with E-state index in [-0.39, 0.29) is 0 Å². The van der Waals surface area contributed by atoms with Gasteiger partial charge in [-0.15, -0.1) is 0 Å². The van der Waals surface area contributed by atoms with Crippen LogP contribution in [0, 0.1) is 5.41 Å². The van der Waals surface area contributed by atoms with Crippen molar-refractivity contribution in [2.75, 3.05) is 0 Å².